The second-order valence-corrected chi connectivity index (χ2v) is 5.01. The Labute approximate surface area is 120 Å². The van der Waals surface area contributed by atoms with E-state index in [1.165, 1.54) is 48.5 Å². The first-order valence-electron chi connectivity index (χ1n) is 6.34. The molecule has 0 bridgehead atoms. The molecule has 0 aliphatic carbocycles. The highest BCUT2D eigenvalue weighted by Crippen LogP contribution is 2.47. The second-order valence-electron chi connectivity index (χ2n) is 5.01. The second kappa shape index (κ2) is 5.16. The summed E-state index contributed by atoms with van der Waals surface area (Å²) in [4.78, 5) is 0. The molecule has 2 nitrogen and oxygen atoms in total. The molecule has 0 saturated heterocycles. The third kappa shape index (κ3) is 2.43. The van der Waals surface area contributed by atoms with Crippen LogP contribution in [0.3, 0.4) is 0 Å². The zero-order chi connectivity index (χ0) is 15.7. The van der Waals surface area contributed by atoms with Crippen molar-refractivity contribution in [3.05, 3.63) is 71.8 Å². The molecule has 0 amide bonds. The molecule has 0 aromatic heterocycles. The third-order valence-electron chi connectivity index (χ3n) is 3.64. The van der Waals surface area contributed by atoms with Crippen molar-refractivity contribution >= 4 is 0 Å². The minimum atomic E-state index is -5.01. The summed E-state index contributed by atoms with van der Waals surface area (Å²) in [7, 11) is 0. The van der Waals surface area contributed by atoms with Gasteiger partial charge in [0.25, 0.3) is 0 Å². The summed E-state index contributed by atoms with van der Waals surface area (Å²) >= 11 is 0. The summed E-state index contributed by atoms with van der Waals surface area (Å²) in [6, 6.07) is 14.7. The normalized spacial score (nSPS) is 15.5. The maximum absolute atomic E-state index is 13.3. The Balaban J connectivity index is 2.73. The van der Waals surface area contributed by atoms with Crippen molar-refractivity contribution in [2.24, 2.45) is 0 Å². The van der Waals surface area contributed by atoms with Crippen LogP contribution in [-0.2, 0) is 5.60 Å². The van der Waals surface area contributed by atoms with Crippen LogP contribution < -0.4 is 0 Å². The van der Waals surface area contributed by atoms with Gasteiger partial charge in [0.2, 0.25) is 0 Å². The van der Waals surface area contributed by atoms with Crippen LogP contribution in [0, 0.1) is 0 Å². The molecule has 1 unspecified atom stereocenters. The lowest BCUT2D eigenvalue weighted by Gasteiger charge is -2.42. The quantitative estimate of drug-likeness (QED) is 0.913. The van der Waals surface area contributed by atoms with Crippen molar-refractivity contribution in [1.82, 2.24) is 0 Å². The SMILES string of the molecule is CC(O)(C(F)(F)F)C(O)(c1ccccc1)c1ccccc1. The van der Waals surface area contributed by atoms with Gasteiger partial charge >= 0.3 is 6.18 Å². The summed E-state index contributed by atoms with van der Waals surface area (Å²) in [5, 5.41) is 20.9. The molecule has 5 heteroatoms. The van der Waals surface area contributed by atoms with Crippen LogP contribution in [0.2, 0.25) is 0 Å². The van der Waals surface area contributed by atoms with Gasteiger partial charge in [-0.2, -0.15) is 13.2 Å². The monoisotopic (exact) mass is 296 g/mol. The van der Waals surface area contributed by atoms with Gasteiger partial charge in [0.05, 0.1) is 0 Å². The summed E-state index contributed by atoms with van der Waals surface area (Å²) in [5.41, 5.74) is -6.01. The summed E-state index contributed by atoms with van der Waals surface area (Å²) in [6.45, 7) is 0.576. The van der Waals surface area contributed by atoms with E-state index in [-0.39, 0.29) is 11.1 Å². The van der Waals surface area contributed by atoms with Gasteiger partial charge in [0.15, 0.2) is 11.2 Å². The topological polar surface area (TPSA) is 40.5 Å². The molecule has 0 heterocycles. The lowest BCUT2D eigenvalue weighted by atomic mass is 9.73. The van der Waals surface area contributed by atoms with Gasteiger partial charge in [-0.25, -0.2) is 0 Å². The summed E-state index contributed by atoms with van der Waals surface area (Å²) in [6.07, 6.45) is -5.01. The molecule has 0 spiro atoms. The van der Waals surface area contributed by atoms with Crippen LogP contribution in [0.5, 0.6) is 0 Å². The maximum Gasteiger partial charge on any atom is 0.420 e. The van der Waals surface area contributed by atoms with E-state index in [0.717, 1.165) is 0 Å². The lowest BCUT2D eigenvalue weighted by Crippen LogP contribution is -2.59. The number of rotatable bonds is 3. The minimum Gasteiger partial charge on any atom is -0.378 e. The minimum absolute atomic E-state index is 0.0291. The molecule has 0 radical (unpaired) electrons. The highest BCUT2D eigenvalue weighted by Gasteiger charge is 2.64. The molecule has 2 N–H and O–H groups in total. The van der Waals surface area contributed by atoms with Gasteiger partial charge in [-0.05, 0) is 18.1 Å². The molecule has 0 saturated carbocycles. The van der Waals surface area contributed by atoms with E-state index in [9.17, 15) is 23.4 Å². The Morgan fingerprint density at radius 3 is 1.33 bits per heavy atom. The molecule has 0 fully saturated rings. The van der Waals surface area contributed by atoms with E-state index in [1.54, 1.807) is 12.1 Å². The predicted octanol–water partition coefficient (Wildman–Crippen LogP) is 3.24. The highest BCUT2D eigenvalue weighted by atomic mass is 19.4. The number of hydrogen-bond donors (Lipinski definition) is 2. The number of alkyl halides is 3. The zero-order valence-corrected chi connectivity index (χ0v) is 11.3. The van der Waals surface area contributed by atoms with Crippen LogP contribution in [0.4, 0.5) is 13.2 Å². The molecule has 0 aliphatic heterocycles. The fourth-order valence-electron chi connectivity index (χ4n) is 2.29. The summed E-state index contributed by atoms with van der Waals surface area (Å²) in [5.74, 6) is 0. The summed E-state index contributed by atoms with van der Waals surface area (Å²) < 4.78 is 39.9. The van der Waals surface area contributed by atoms with Gasteiger partial charge in [-0.3, -0.25) is 0 Å². The largest absolute Gasteiger partial charge is 0.420 e. The Morgan fingerprint density at radius 1 is 0.714 bits per heavy atom. The van der Waals surface area contributed by atoms with Crippen molar-refractivity contribution in [3.63, 3.8) is 0 Å². The van der Waals surface area contributed by atoms with Crippen molar-refractivity contribution in [2.45, 2.75) is 24.3 Å². The van der Waals surface area contributed by atoms with Crippen LogP contribution in [0.1, 0.15) is 18.1 Å². The Bertz CT molecular complexity index is 552. The smallest absolute Gasteiger partial charge is 0.378 e. The number of aliphatic hydroxyl groups is 2. The highest BCUT2D eigenvalue weighted by molar-refractivity contribution is 5.40. The molecule has 112 valence electrons. The first kappa shape index (κ1) is 15.5. The van der Waals surface area contributed by atoms with E-state index in [4.69, 9.17) is 0 Å². The predicted molar refractivity (Wildman–Crippen MR) is 72.6 cm³/mol. The van der Waals surface area contributed by atoms with E-state index in [1.807, 2.05) is 0 Å². The maximum atomic E-state index is 13.3. The van der Waals surface area contributed by atoms with Crippen molar-refractivity contribution < 1.29 is 23.4 Å². The third-order valence-corrected chi connectivity index (χ3v) is 3.64. The van der Waals surface area contributed by atoms with E-state index >= 15 is 0 Å². The molecule has 2 rings (SSSR count). The Morgan fingerprint density at radius 2 is 1.05 bits per heavy atom. The lowest BCUT2D eigenvalue weighted by molar-refractivity contribution is -0.305. The van der Waals surface area contributed by atoms with Crippen LogP contribution in [0.25, 0.3) is 0 Å². The molecule has 2 aromatic rings. The van der Waals surface area contributed by atoms with Gasteiger partial charge in [0.1, 0.15) is 0 Å². The molecule has 2 aromatic carbocycles. The first-order valence-corrected chi connectivity index (χ1v) is 6.34. The van der Waals surface area contributed by atoms with Crippen LogP contribution >= 0.6 is 0 Å². The van der Waals surface area contributed by atoms with Crippen molar-refractivity contribution in [1.29, 1.82) is 0 Å². The Hall–Kier alpha value is -1.85. The fourth-order valence-corrected chi connectivity index (χ4v) is 2.29. The average Bonchev–Trinajstić information content (AvgIpc) is 2.47. The van der Waals surface area contributed by atoms with E-state index < -0.39 is 17.4 Å². The zero-order valence-electron chi connectivity index (χ0n) is 11.3. The first-order chi connectivity index (χ1) is 9.71. The van der Waals surface area contributed by atoms with Crippen molar-refractivity contribution in [2.75, 3.05) is 0 Å². The number of hydrogen-bond acceptors (Lipinski definition) is 2. The van der Waals surface area contributed by atoms with Gasteiger partial charge in [-0.15, -0.1) is 0 Å². The molecule has 1 atom stereocenters. The van der Waals surface area contributed by atoms with Crippen LogP contribution in [0.15, 0.2) is 60.7 Å². The molecular formula is C16H15F3O2. The van der Waals surface area contributed by atoms with E-state index in [0.29, 0.717) is 6.92 Å². The van der Waals surface area contributed by atoms with Crippen molar-refractivity contribution in [3.8, 4) is 0 Å². The van der Waals surface area contributed by atoms with Crippen LogP contribution in [-0.4, -0.2) is 22.0 Å². The Kier molecular flexibility index (Phi) is 3.82. The number of benzene rings is 2. The molecule has 0 aliphatic rings. The fraction of sp³-hybridized carbons (Fsp3) is 0.250. The molecule has 21 heavy (non-hydrogen) atoms. The van der Waals surface area contributed by atoms with Gasteiger partial charge in [0, 0.05) is 0 Å². The van der Waals surface area contributed by atoms with Gasteiger partial charge < -0.3 is 10.2 Å². The van der Waals surface area contributed by atoms with Gasteiger partial charge in [-0.1, -0.05) is 60.7 Å². The average molecular weight is 296 g/mol. The molecular weight excluding hydrogens is 281 g/mol. The van der Waals surface area contributed by atoms with E-state index in [2.05, 4.69) is 0 Å². The standard InChI is InChI=1S/C16H15F3O2/c1-14(20,16(17,18)19)15(21,12-8-4-2-5-9-12)13-10-6-3-7-11-13/h2-11,20-21H,1H3. The number of halogens is 3.